The summed E-state index contributed by atoms with van der Waals surface area (Å²) in [6.45, 7) is 8.89. The van der Waals surface area contributed by atoms with Crippen molar-refractivity contribution < 1.29 is 18.1 Å². The van der Waals surface area contributed by atoms with Gasteiger partial charge in [-0.3, -0.25) is 15.0 Å². The minimum Gasteiger partial charge on any atom is -0.382 e. The Kier molecular flexibility index (Phi) is 7.67. The monoisotopic (exact) mass is 440 g/mol. The molecule has 10 heteroatoms. The second-order valence-electron chi connectivity index (χ2n) is 8.36. The highest BCUT2D eigenvalue weighted by molar-refractivity contribution is 7.89. The fourth-order valence-electron chi connectivity index (χ4n) is 4.13. The van der Waals surface area contributed by atoms with Crippen molar-refractivity contribution in [1.82, 2.24) is 9.21 Å². The summed E-state index contributed by atoms with van der Waals surface area (Å²) in [5.74, 6) is 0.490. The maximum Gasteiger partial charge on any atom is 0.270 e. The summed E-state index contributed by atoms with van der Waals surface area (Å²) in [6.07, 6.45) is 2.59. The van der Waals surface area contributed by atoms with Crippen LogP contribution in [0.25, 0.3) is 0 Å². The van der Waals surface area contributed by atoms with Crippen LogP contribution in [0, 0.1) is 16.0 Å². The molecule has 0 saturated carbocycles. The Morgan fingerprint density at radius 1 is 1.17 bits per heavy atom. The molecule has 9 nitrogen and oxygen atoms in total. The Balaban J connectivity index is 1.85. The van der Waals surface area contributed by atoms with E-state index in [0.717, 1.165) is 32.4 Å². The molecule has 2 fully saturated rings. The number of hydrogen-bond acceptors (Lipinski definition) is 7. The molecular formula is C20H32N4O5S. The zero-order valence-corrected chi connectivity index (χ0v) is 18.6. The van der Waals surface area contributed by atoms with Crippen LogP contribution in [0.15, 0.2) is 23.1 Å². The number of nitro benzene ring substituents is 1. The molecule has 1 atom stereocenters. The van der Waals surface area contributed by atoms with Crippen molar-refractivity contribution in [3.63, 3.8) is 0 Å². The van der Waals surface area contributed by atoms with Gasteiger partial charge in [-0.05, 0) is 31.2 Å². The van der Waals surface area contributed by atoms with Crippen molar-refractivity contribution >= 4 is 21.4 Å². The van der Waals surface area contributed by atoms with Gasteiger partial charge in [-0.25, -0.2) is 8.42 Å². The molecule has 0 aromatic heterocycles. The second-order valence-corrected chi connectivity index (χ2v) is 10.3. The third-order valence-corrected chi connectivity index (χ3v) is 7.63. The van der Waals surface area contributed by atoms with E-state index in [4.69, 9.17) is 4.74 Å². The fraction of sp³-hybridized carbons (Fsp3) is 0.700. The molecule has 0 spiro atoms. The summed E-state index contributed by atoms with van der Waals surface area (Å²) in [6, 6.07) is 4.29. The van der Waals surface area contributed by atoms with Gasteiger partial charge in [0, 0.05) is 50.9 Å². The standard InChI is InChI=1S/C20H32N4O5S/c1-16(2)13-18(22-9-11-29-12-10-22)15-21-19-6-5-17(24(25)26)14-20(19)30(27,28)23-7-3-4-8-23/h5-6,14,16,18,21H,3-4,7-13,15H2,1-2H3. The molecule has 168 valence electrons. The van der Waals surface area contributed by atoms with Crippen molar-refractivity contribution in [3.05, 3.63) is 28.3 Å². The topological polar surface area (TPSA) is 105 Å². The number of nitro groups is 1. The average molecular weight is 441 g/mol. The molecule has 30 heavy (non-hydrogen) atoms. The molecule has 1 aromatic carbocycles. The number of ether oxygens (including phenoxy) is 1. The molecule has 0 amide bonds. The normalized spacial score (nSPS) is 19.8. The number of non-ortho nitro benzene ring substituents is 1. The van der Waals surface area contributed by atoms with Gasteiger partial charge in [0.2, 0.25) is 10.0 Å². The van der Waals surface area contributed by atoms with Crippen LogP contribution in [-0.4, -0.2) is 74.5 Å². The highest BCUT2D eigenvalue weighted by Crippen LogP contribution is 2.31. The highest BCUT2D eigenvalue weighted by atomic mass is 32.2. The summed E-state index contributed by atoms with van der Waals surface area (Å²) in [5.41, 5.74) is 0.208. The summed E-state index contributed by atoms with van der Waals surface area (Å²) < 4.78 is 33.3. The first kappa shape index (κ1) is 22.9. The van der Waals surface area contributed by atoms with E-state index in [9.17, 15) is 18.5 Å². The van der Waals surface area contributed by atoms with Crippen LogP contribution in [0.2, 0.25) is 0 Å². The number of rotatable bonds is 9. The second kappa shape index (κ2) is 10.0. The Morgan fingerprint density at radius 2 is 1.83 bits per heavy atom. The summed E-state index contributed by atoms with van der Waals surface area (Å²) in [4.78, 5) is 13.1. The molecular weight excluding hydrogens is 408 g/mol. The molecule has 3 rings (SSSR count). The van der Waals surface area contributed by atoms with E-state index in [1.165, 1.54) is 22.5 Å². The number of anilines is 1. The minimum atomic E-state index is -3.79. The first-order valence-corrected chi connectivity index (χ1v) is 12.1. The van der Waals surface area contributed by atoms with Crippen LogP contribution >= 0.6 is 0 Å². The Labute approximate surface area is 178 Å². The van der Waals surface area contributed by atoms with Gasteiger partial charge >= 0.3 is 0 Å². The molecule has 1 aromatic rings. The van der Waals surface area contributed by atoms with Gasteiger partial charge in [0.1, 0.15) is 4.90 Å². The lowest BCUT2D eigenvalue weighted by Crippen LogP contribution is -2.47. The molecule has 2 aliphatic heterocycles. The Morgan fingerprint density at radius 3 is 2.43 bits per heavy atom. The van der Waals surface area contributed by atoms with Crippen molar-refractivity contribution in [3.8, 4) is 0 Å². The first-order chi connectivity index (χ1) is 14.3. The zero-order valence-electron chi connectivity index (χ0n) is 17.7. The van der Waals surface area contributed by atoms with E-state index in [1.54, 1.807) is 0 Å². The smallest absolute Gasteiger partial charge is 0.270 e. The van der Waals surface area contributed by atoms with E-state index in [1.807, 2.05) is 0 Å². The SMILES string of the molecule is CC(C)CC(CNc1ccc([N+](=O)[O-])cc1S(=O)(=O)N1CCCC1)N1CCOCC1. The number of nitrogens with zero attached hydrogens (tertiary/aromatic N) is 3. The number of benzene rings is 1. The van der Waals surface area contributed by atoms with Gasteiger partial charge in [0.05, 0.1) is 23.8 Å². The molecule has 2 saturated heterocycles. The number of nitrogens with one attached hydrogen (secondary N) is 1. The van der Waals surface area contributed by atoms with E-state index >= 15 is 0 Å². The Hall–Kier alpha value is -1.75. The van der Waals surface area contributed by atoms with Crippen LogP contribution in [-0.2, 0) is 14.8 Å². The molecule has 2 heterocycles. The van der Waals surface area contributed by atoms with Gasteiger partial charge in [-0.2, -0.15) is 4.31 Å². The minimum absolute atomic E-state index is 0.0103. The highest BCUT2D eigenvalue weighted by Gasteiger charge is 2.31. The van der Waals surface area contributed by atoms with Crippen molar-refractivity contribution in [2.45, 2.75) is 44.0 Å². The molecule has 0 aliphatic carbocycles. The fourth-order valence-corrected chi connectivity index (χ4v) is 5.83. The largest absolute Gasteiger partial charge is 0.382 e. The quantitative estimate of drug-likeness (QED) is 0.465. The predicted octanol–water partition coefficient (Wildman–Crippen LogP) is 2.54. The number of hydrogen-bond donors (Lipinski definition) is 1. The lowest BCUT2D eigenvalue weighted by atomic mass is 10.0. The summed E-state index contributed by atoms with van der Waals surface area (Å²) >= 11 is 0. The summed E-state index contributed by atoms with van der Waals surface area (Å²) in [5, 5.41) is 14.6. The lowest BCUT2D eigenvalue weighted by Gasteiger charge is -2.36. The van der Waals surface area contributed by atoms with Gasteiger partial charge in [-0.15, -0.1) is 0 Å². The van der Waals surface area contributed by atoms with Crippen LogP contribution < -0.4 is 5.32 Å². The molecule has 2 aliphatic rings. The van der Waals surface area contributed by atoms with Crippen molar-refractivity contribution in [2.24, 2.45) is 5.92 Å². The number of morpholine rings is 1. The molecule has 1 unspecified atom stereocenters. The maximum absolute atomic E-state index is 13.2. The average Bonchev–Trinajstić information content (AvgIpc) is 3.27. The molecule has 0 bridgehead atoms. The van der Waals surface area contributed by atoms with Crippen LogP contribution in [0.1, 0.15) is 33.1 Å². The molecule has 0 radical (unpaired) electrons. The van der Waals surface area contributed by atoms with Crippen molar-refractivity contribution in [2.75, 3.05) is 51.3 Å². The van der Waals surface area contributed by atoms with Crippen LogP contribution in [0.5, 0.6) is 0 Å². The predicted molar refractivity (Wildman–Crippen MR) is 115 cm³/mol. The van der Waals surface area contributed by atoms with Crippen LogP contribution in [0.4, 0.5) is 11.4 Å². The van der Waals surface area contributed by atoms with E-state index in [0.29, 0.717) is 44.5 Å². The number of sulfonamides is 1. The van der Waals surface area contributed by atoms with E-state index < -0.39 is 14.9 Å². The third-order valence-electron chi connectivity index (χ3n) is 5.69. The van der Waals surface area contributed by atoms with Crippen molar-refractivity contribution in [1.29, 1.82) is 0 Å². The lowest BCUT2D eigenvalue weighted by molar-refractivity contribution is -0.385. The zero-order chi connectivity index (χ0) is 21.7. The van der Waals surface area contributed by atoms with E-state index in [-0.39, 0.29) is 16.6 Å². The first-order valence-electron chi connectivity index (χ1n) is 10.6. The third kappa shape index (κ3) is 5.48. The van der Waals surface area contributed by atoms with Gasteiger partial charge in [0.15, 0.2) is 0 Å². The van der Waals surface area contributed by atoms with Gasteiger partial charge < -0.3 is 10.1 Å². The van der Waals surface area contributed by atoms with Gasteiger partial charge in [0.25, 0.3) is 5.69 Å². The maximum atomic E-state index is 13.2. The van der Waals surface area contributed by atoms with Crippen LogP contribution in [0.3, 0.4) is 0 Å². The Bertz CT molecular complexity index is 834. The van der Waals surface area contributed by atoms with Gasteiger partial charge in [-0.1, -0.05) is 13.8 Å². The molecule has 1 N–H and O–H groups in total. The summed E-state index contributed by atoms with van der Waals surface area (Å²) in [7, 11) is -3.79. The van der Waals surface area contributed by atoms with E-state index in [2.05, 4.69) is 24.1 Å².